The van der Waals surface area contributed by atoms with Gasteiger partial charge in [-0.2, -0.15) is 0 Å². The zero-order chi connectivity index (χ0) is 18.5. The van der Waals surface area contributed by atoms with Crippen LogP contribution in [0.1, 0.15) is 26.2 Å². The van der Waals surface area contributed by atoms with E-state index in [1.807, 2.05) is 60.7 Å². The maximum absolute atomic E-state index is 14.5. The van der Waals surface area contributed by atoms with Gasteiger partial charge in [-0.15, -0.1) is 0 Å². The van der Waals surface area contributed by atoms with Crippen LogP contribution in [0.5, 0.6) is 0 Å². The molecule has 0 radical (unpaired) electrons. The first-order valence-electron chi connectivity index (χ1n) is 8.92. The Hall–Kier alpha value is -0.643. The SMILES string of the molecule is CCCC/C(=C(/I)P(=O)(c1ccccc1)c1ccccc1)[Si](C)(C)C. The van der Waals surface area contributed by atoms with Crippen LogP contribution in [-0.4, -0.2) is 8.07 Å². The lowest BCUT2D eigenvalue weighted by atomic mass is 10.2. The Bertz CT molecular complexity index is 720. The third-order valence-corrected chi connectivity index (χ3v) is 13.0. The van der Waals surface area contributed by atoms with Crippen LogP contribution in [0.2, 0.25) is 19.6 Å². The molecule has 0 aliphatic rings. The van der Waals surface area contributed by atoms with E-state index < -0.39 is 15.2 Å². The van der Waals surface area contributed by atoms with Crippen LogP contribution in [0.3, 0.4) is 0 Å². The molecule has 0 fully saturated rings. The molecule has 0 aliphatic carbocycles. The van der Waals surface area contributed by atoms with E-state index in [9.17, 15) is 4.57 Å². The van der Waals surface area contributed by atoms with Gasteiger partial charge in [0.25, 0.3) is 0 Å². The molecule has 2 aromatic rings. The molecule has 0 aromatic heterocycles. The predicted molar refractivity (Wildman–Crippen MR) is 124 cm³/mol. The Labute approximate surface area is 167 Å². The van der Waals surface area contributed by atoms with Crippen LogP contribution < -0.4 is 10.6 Å². The number of rotatable bonds is 7. The quantitative estimate of drug-likeness (QED) is 0.243. The minimum atomic E-state index is -2.81. The number of unbranched alkanes of at least 4 members (excludes halogenated alkanes) is 1. The van der Waals surface area contributed by atoms with E-state index in [1.165, 1.54) is 11.6 Å². The molecule has 0 amide bonds. The number of hydrogen-bond donors (Lipinski definition) is 0. The summed E-state index contributed by atoms with van der Waals surface area (Å²) in [5.41, 5.74) is 0. The number of hydrogen-bond acceptors (Lipinski definition) is 1. The lowest BCUT2D eigenvalue weighted by Gasteiger charge is -2.28. The maximum Gasteiger partial charge on any atom is 0.176 e. The van der Waals surface area contributed by atoms with Crippen molar-refractivity contribution in [1.82, 2.24) is 0 Å². The Morgan fingerprint density at radius 1 is 0.920 bits per heavy atom. The summed E-state index contributed by atoms with van der Waals surface area (Å²) in [6, 6.07) is 20.1. The highest BCUT2D eigenvalue weighted by atomic mass is 127. The molecule has 25 heavy (non-hydrogen) atoms. The zero-order valence-corrected chi connectivity index (χ0v) is 19.7. The average Bonchev–Trinajstić information content (AvgIpc) is 2.61. The molecule has 0 aliphatic heterocycles. The van der Waals surface area contributed by atoms with Gasteiger partial charge >= 0.3 is 0 Å². The van der Waals surface area contributed by atoms with Gasteiger partial charge in [0.05, 0.1) is 11.4 Å². The summed E-state index contributed by atoms with van der Waals surface area (Å²) < 4.78 is 15.6. The number of benzene rings is 2. The van der Waals surface area contributed by atoms with Crippen LogP contribution in [0.4, 0.5) is 0 Å². The van der Waals surface area contributed by atoms with Crippen LogP contribution in [0.25, 0.3) is 0 Å². The molecule has 0 bridgehead atoms. The number of allylic oxidation sites excluding steroid dienone is 1. The topological polar surface area (TPSA) is 17.1 Å². The van der Waals surface area contributed by atoms with Gasteiger partial charge in [0, 0.05) is 10.6 Å². The molecule has 0 atom stereocenters. The van der Waals surface area contributed by atoms with E-state index >= 15 is 0 Å². The van der Waals surface area contributed by atoms with Crippen molar-refractivity contribution in [2.45, 2.75) is 45.8 Å². The normalized spacial score (nSPS) is 13.5. The van der Waals surface area contributed by atoms with E-state index in [0.29, 0.717) is 0 Å². The summed E-state index contributed by atoms with van der Waals surface area (Å²) in [4.78, 5) is 0. The van der Waals surface area contributed by atoms with Gasteiger partial charge in [0.1, 0.15) is 0 Å². The van der Waals surface area contributed by atoms with Gasteiger partial charge in [-0.25, -0.2) is 0 Å². The molecule has 0 saturated heterocycles. The summed E-state index contributed by atoms with van der Waals surface area (Å²) >= 11 is 2.41. The van der Waals surface area contributed by atoms with E-state index in [4.69, 9.17) is 0 Å². The van der Waals surface area contributed by atoms with Crippen molar-refractivity contribution < 1.29 is 4.57 Å². The van der Waals surface area contributed by atoms with E-state index in [1.54, 1.807) is 0 Å². The maximum atomic E-state index is 14.5. The number of halogens is 1. The molecule has 4 heteroatoms. The lowest BCUT2D eigenvalue weighted by Crippen LogP contribution is -2.27. The standard InChI is InChI=1S/C21H28IOPSi/c1-5-6-17-20(25(2,3)4)21(22)24(23,18-13-9-7-10-14-18)19-15-11-8-12-16-19/h7-16H,5-6,17H2,1-4H3/b21-20+. The first-order chi connectivity index (χ1) is 11.8. The molecule has 0 unspecified atom stereocenters. The Kier molecular flexibility index (Phi) is 7.30. The van der Waals surface area contributed by atoms with Gasteiger partial charge < -0.3 is 4.57 Å². The van der Waals surface area contributed by atoms with Gasteiger partial charge in [-0.1, -0.05) is 105 Å². The van der Waals surface area contributed by atoms with Crippen LogP contribution >= 0.6 is 29.7 Å². The zero-order valence-electron chi connectivity index (χ0n) is 15.6. The van der Waals surface area contributed by atoms with Crippen molar-refractivity contribution in [3.63, 3.8) is 0 Å². The Morgan fingerprint density at radius 3 is 1.72 bits per heavy atom. The molecule has 134 valence electrons. The van der Waals surface area contributed by atoms with E-state index in [0.717, 1.165) is 26.8 Å². The van der Waals surface area contributed by atoms with Crippen molar-refractivity contribution in [2.24, 2.45) is 0 Å². The molecule has 0 spiro atoms. The van der Waals surface area contributed by atoms with Gasteiger partial charge in [0.15, 0.2) is 7.14 Å². The Morgan fingerprint density at radius 2 is 1.36 bits per heavy atom. The highest BCUT2D eigenvalue weighted by Gasteiger charge is 2.35. The minimum Gasteiger partial charge on any atom is -0.308 e. The summed E-state index contributed by atoms with van der Waals surface area (Å²) in [7, 11) is -4.37. The molecule has 0 saturated carbocycles. The second kappa shape index (κ2) is 8.83. The molecular weight excluding hydrogens is 454 g/mol. The molecular formula is C21H28IOPSi. The highest BCUT2D eigenvalue weighted by molar-refractivity contribution is 14.1. The first kappa shape index (κ1) is 20.7. The summed E-state index contributed by atoms with van der Waals surface area (Å²) in [5.74, 6) is 0. The first-order valence-corrected chi connectivity index (χ1v) is 15.2. The average molecular weight is 482 g/mol. The lowest BCUT2D eigenvalue weighted by molar-refractivity contribution is 0.591. The largest absolute Gasteiger partial charge is 0.308 e. The molecule has 1 nitrogen and oxygen atoms in total. The smallest absolute Gasteiger partial charge is 0.176 e. The third kappa shape index (κ3) is 4.75. The summed E-state index contributed by atoms with van der Waals surface area (Å²) in [6.45, 7) is 9.34. The third-order valence-electron chi connectivity index (χ3n) is 4.45. The fraction of sp³-hybridized carbons (Fsp3) is 0.333. The van der Waals surface area contributed by atoms with Gasteiger partial charge in [0.2, 0.25) is 0 Å². The second-order valence-corrected chi connectivity index (χ2v) is 17.1. The predicted octanol–water partition coefficient (Wildman–Crippen LogP) is 6.71. The fourth-order valence-electron chi connectivity index (χ4n) is 2.98. The molecule has 2 rings (SSSR count). The minimum absolute atomic E-state index is 0.942. The highest BCUT2D eigenvalue weighted by Crippen LogP contribution is 2.57. The van der Waals surface area contributed by atoms with E-state index in [-0.39, 0.29) is 0 Å². The van der Waals surface area contributed by atoms with Crippen LogP contribution in [-0.2, 0) is 4.57 Å². The monoisotopic (exact) mass is 482 g/mol. The van der Waals surface area contributed by atoms with Crippen molar-refractivity contribution in [2.75, 3.05) is 0 Å². The van der Waals surface area contributed by atoms with Gasteiger partial charge in [-0.3, -0.25) is 0 Å². The van der Waals surface area contributed by atoms with Crippen molar-refractivity contribution in [1.29, 1.82) is 0 Å². The van der Waals surface area contributed by atoms with Crippen molar-refractivity contribution in [3.05, 3.63) is 69.2 Å². The summed E-state index contributed by atoms with van der Waals surface area (Å²) in [5, 5.41) is 3.35. The fourth-order valence-corrected chi connectivity index (χ4v) is 12.8. The molecule has 2 aromatic carbocycles. The molecule has 0 N–H and O–H groups in total. The second-order valence-electron chi connectivity index (χ2n) is 7.40. The van der Waals surface area contributed by atoms with Crippen molar-refractivity contribution >= 4 is 48.4 Å². The molecule has 0 heterocycles. The van der Waals surface area contributed by atoms with E-state index in [2.05, 4.69) is 49.2 Å². The Balaban J connectivity index is 2.75. The summed E-state index contributed by atoms with van der Waals surface area (Å²) in [6.07, 6.45) is 3.39. The van der Waals surface area contributed by atoms with Crippen LogP contribution in [0.15, 0.2) is 69.2 Å². The van der Waals surface area contributed by atoms with Crippen LogP contribution in [0, 0.1) is 0 Å². The van der Waals surface area contributed by atoms with Crippen molar-refractivity contribution in [3.8, 4) is 0 Å². The van der Waals surface area contributed by atoms with Gasteiger partial charge in [-0.05, 0) is 29.0 Å².